The van der Waals surface area contributed by atoms with Gasteiger partial charge in [0.15, 0.2) is 0 Å². The maximum atomic E-state index is 11.3. The second-order valence-electron chi connectivity index (χ2n) is 3.41. The fourth-order valence-electron chi connectivity index (χ4n) is 1.01. The quantitative estimate of drug-likeness (QED) is 0.760. The van der Waals surface area contributed by atoms with E-state index >= 15 is 0 Å². The number of amides is 2. The molecule has 0 saturated carbocycles. The van der Waals surface area contributed by atoms with Crippen molar-refractivity contribution in [3.05, 3.63) is 36.4 Å². The minimum absolute atomic E-state index is 0.157. The molecule has 0 bridgehead atoms. The molecule has 83 valence electrons. The normalized spacial score (nSPS) is 9.38. The van der Waals surface area contributed by atoms with E-state index in [0.29, 0.717) is 16.9 Å². The Morgan fingerprint density at radius 1 is 1.25 bits per heavy atom. The van der Waals surface area contributed by atoms with Gasteiger partial charge < -0.3 is 10.6 Å². The lowest BCUT2D eigenvalue weighted by Gasteiger charge is -2.05. The van der Waals surface area contributed by atoms with Gasteiger partial charge in [0.2, 0.25) is 5.91 Å². The summed E-state index contributed by atoms with van der Waals surface area (Å²) >= 11 is 0. The first-order valence-corrected chi connectivity index (χ1v) is 4.75. The highest BCUT2D eigenvalue weighted by molar-refractivity contribution is 6.02. The SMILES string of the molecule is C=C(C)C(=O)Nc1c[c]c(NC(C)=O)cc1. The van der Waals surface area contributed by atoms with E-state index < -0.39 is 0 Å². The molecule has 4 nitrogen and oxygen atoms in total. The largest absolute Gasteiger partial charge is 0.326 e. The summed E-state index contributed by atoms with van der Waals surface area (Å²) in [5.41, 5.74) is 1.62. The molecule has 0 aliphatic carbocycles. The third kappa shape index (κ3) is 3.57. The Kier molecular flexibility index (Phi) is 3.83. The number of carbonyl (C=O) groups is 2. The summed E-state index contributed by atoms with van der Waals surface area (Å²) in [6.07, 6.45) is 0. The van der Waals surface area contributed by atoms with Gasteiger partial charge in [-0.25, -0.2) is 0 Å². The number of anilines is 2. The van der Waals surface area contributed by atoms with Crippen LogP contribution in [0.1, 0.15) is 13.8 Å². The van der Waals surface area contributed by atoms with Crippen molar-refractivity contribution in [2.45, 2.75) is 13.8 Å². The Morgan fingerprint density at radius 3 is 2.38 bits per heavy atom. The van der Waals surface area contributed by atoms with Crippen LogP contribution in [0.2, 0.25) is 0 Å². The fraction of sp³-hybridized carbons (Fsp3) is 0.167. The van der Waals surface area contributed by atoms with Crippen LogP contribution in [-0.4, -0.2) is 11.8 Å². The van der Waals surface area contributed by atoms with Crippen LogP contribution in [0.5, 0.6) is 0 Å². The first-order chi connectivity index (χ1) is 7.49. The average Bonchev–Trinajstić information content (AvgIpc) is 2.20. The summed E-state index contributed by atoms with van der Waals surface area (Å²) in [5, 5.41) is 5.22. The van der Waals surface area contributed by atoms with Crippen LogP contribution >= 0.6 is 0 Å². The number of carbonyl (C=O) groups excluding carboxylic acids is 2. The molecule has 1 rings (SSSR count). The molecule has 2 amide bonds. The molecule has 1 radical (unpaired) electrons. The number of hydrogen-bond acceptors (Lipinski definition) is 2. The molecular weight excluding hydrogens is 204 g/mol. The van der Waals surface area contributed by atoms with Gasteiger partial charge in [-0.2, -0.15) is 0 Å². The van der Waals surface area contributed by atoms with E-state index in [-0.39, 0.29) is 11.8 Å². The molecule has 0 saturated heterocycles. The molecule has 16 heavy (non-hydrogen) atoms. The standard InChI is InChI=1S/C12H13N2O2/c1-8(2)12(16)14-11-6-4-10(5-7-11)13-9(3)15/h4,6-7H,1H2,2-3H3,(H,13,15)(H,14,16). The Hall–Kier alpha value is -2.10. The van der Waals surface area contributed by atoms with Gasteiger partial charge in [0.05, 0.1) is 0 Å². The molecule has 0 aliphatic heterocycles. The summed E-state index contributed by atoms with van der Waals surface area (Å²) in [5.74, 6) is -0.393. The number of rotatable bonds is 3. The van der Waals surface area contributed by atoms with Crippen molar-refractivity contribution < 1.29 is 9.59 Å². The molecule has 1 aromatic rings. The van der Waals surface area contributed by atoms with Crippen molar-refractivity contribution in [2.75, 3.05) is 10.6 Å². The van der Waals surface area contributed by atoms with Gasteiger partial charge in [-0.15, -0.1) is 0 Å². The summed E-state index contributed by atoms with van der Waals surface area (Å²) in [6.45, 7) is 6.58. The summed E-state index contributed by atoms with van der Waals surface area (Å²) in [6, 6.07) is 7.77. The van der Waals surface area contributed by atoms with Crippen molar-refractivity contribution in [1.82, 2.24) is 0 Å². The minimum Gasteiger partial charge on any atom is -0.326 e. The van der Waals surface area contributed by atoms with Gasteiger partial charge in [0, 0.05) is 29.9 Å². The van der Waals surface area contributed by atoms with Crippen molar-refractivity contribution in [2.24, 2.45) is 0 Å². The third-order valence-electron chi connectivity index (χ3n) is 1.77. The molecule has 0 fully saturated rings. The Bertz CT molecular complexity index is 421. The van der Waals surface area contributed by atoms with Gasteiger partial charge in [-0.05, 0) is 25.1 Å². The highest BCUT2D eigenvalue weighted by atomic mass is 16.2. The second-order valence-corrected chi connectivity index (χ2v) is 3.41. The van der Waals surface area contributed by atoms with E-state index in [4.69, 9.17) is 0 Å². The smallest absolute Gasteiger partial charge is 0.250 e. The molecule has 0 atom stereocenters. The second kappa shape index (κ2) is 5.11. The molecular formula is C12H13N2O2. The average molecular weight is 217 g/mol. The van der Waals surface area contributed by atoms with Crippen molar-refractivity contribution in [3.8, 4) is 0 Å². The first kappa shape index (κ1) is 12.0. The molecule has 2 N–H and O–H groups in total. The molecule has 1 aromatic carbocycles. The lowest BCUT2D eigenvalue weighted by molar-refractivity contribution is -0.114. The lowest BCUT2D eigenvalue weighted by atomic mass is 10.2. The van der Waals surface area contributed by atoms with Crippen molar-refractivity contribution >= 4 is 23.2 Å². The van der Waals surface area contributed by atoms with Gasteiger partial charge in [-0.3, -0.25) is 9.59 Å². The lowest BCUT2D eigenvalue weighted by Crippen LogP contribution is -2.12. The van der Waals surface area contributed by atoms with E-state index in [1.807, 2.05) is 0 Å². The predicted octanol–water partition coefficient (Wildman–Crippen LogP) is 1.96. The zero-order valence-electron chi connectivity index (χ0n) is 9.26. The predicted molar refractivity (Wildman–Crippen MR) is 63.0 cm³/mol. The monoisotopic (exact) mass is 217 g/mol. The van der Waals surface area contributed by atoms with E-state index in [1.165, 1.54) is 6.92 Å². The topological polar surface area (TPSA) is 58.2 Å². The summed E-state index contributed by atoms with van der Waals surface area (Å²) < 4.78 is 0. The highest BCUT2D eigenvalue weighted by Gasteiger charge is 2.02. The molecule has 4 heteroatoms. The summed E-state index contributed by atoms with van der Waals surface area (Å²) in [4.78, 5) is 22.0. The van der Waals surface area contributed by atoms with Gasteiger partial charge >= 0.3 is 0 Å². The van der Waals surface area contributed by atoms with Crippen LogP contribution in [0.15, 0.2) is 30.4 Å². The van der Waals surface area contributed by atoms with Crippen LogP contribution in [-0.2, 0) is 9.59 Å². The number of nitrogens with one attached hydrogen (secondary N) is 2. The van der Waals surface area contributed by atoms with E-state index in [9.17, 15) is 9.59 Å². The van der Waals surface area contributed by atoms with E-state index in [2.05, 4.69) is 23.3 Å². The molecule has 0 aliphatic rings. The van der Waals surface area contributed by atoms with Gasteiger partial charge in [-0.1, -0.05) is 6.58 Å². The van der Waals surface area contributed by atoms with Gasteiger partial charge in [0.25, 0.3) is 5.91 Å². The highest BCUT2D eigenvalue weighted by Crippen LogP contribution is 2.13. The Morgan fingerprint density at radius 2 is 1.94 bits per heavy atom. The molecule has 0 aromatic heterocycles. The maximum Gasteiger partial charge on any atom is 0.250 e. The maximum absolute atomic E-state index is 11.3. The zero-order chi connectivity index (χ0) is 12.1. The van der Waals surface area contributed by atoms with Crippen LogP contribution in [0.4, 0.5) is 11.4 Å². The fourth-order valence-corrected chi connectivity index (χ4v) is 1.01. The third-order valence-corrected chi connectivity index (χ3v) is 1.77. The van der Waals surface area contributed by atoms with Gasteiger partial charge in [0.1, 0.15) is 0 Å². The molecule has 0 heterocycles. The minimum atomic E-state index is -0.235. The summed E-state index contributed by atoms with van der Waals surface area (Å²) in [7, 11) is 0. The Labute approximate surface area is 94.4 Å². The molecule has 0 unspecified atom stereocenters. The Balaban J connectivity index is 2.68. The van der Waals surface area contributed by atoms with Crippen LogP contribution in [0, 0.1) is 6.07 Å². The first-order valence-electron chi connectivity index (χ1n) is 4.75. The van der Waals surface area contributed by atoms with Crippen molar-refractivity contribution in [1.29, 1.82) is 0 Å². The molecule has 0 spiro atoms. The van der Waals surface area contributed by atoms with Crippen LogP contribution in [0.3, 0.4) is 0 Å². The van der Waals surface area contributed by atoms with Crippen LogP contribution < -0.4 is 10.6 Å². The number of hydrogen-bond donors (Lipinski definition) is 2. The van der Waals surface area contributed by atoms with Crippen LogP contribution in [0.25, 0.3) is 0 Å². The van der Waals surface area contributed by atoms with E-state index in [0.717, 1.165) is 0 Å². The van der Waals surface area contributed by atoms with Crippen molar-refractivity contribution in [3.63, 3.8) is 0 Å². The zero-order valence-corrected chi connectivity index (χ0v) is 9.26. The van der Waals surface area contributed by atoms with E-state index in [1.54, 1.807) is 25.1 Å². The number of benzene rings is 1.